The Bertz CT molecular complexity index is 529. The number of nitrogens with one attached hydrogen (secondary N) is 1. The van der Waals surface area contributed by atoms with E-state index >= 15 is 0 Å². The van der Waals surface area contributed by atoms with Crippen molar-refractivity contribution in [1.29, 1.82) is 0 Å². The van der Waals surface area contributed by atoms with Crippen molar-refractivity contribution < 1.29 is 9.53 Å². The minimum atomic E-state index is -0.0794. The van der Waals surface area contributed by atoms with Crippen LogP contribution in [0.3, 0.4) is 0 Å². The van der Waals surface area contributed by atoms with E-state index in [1.165, 1.54) is 0 Å². The summed E-state index contributed by atoms with van der Waals surface area (Å²) in [6.07, 6.45) is 1.96. The summed E-state index contributed by atoms with van der Waals surface area (Å²) in [6, 6.07) is 7.96. The van der Waals surface area contributed by atoms with Crippen molar-refractivity contribution in [1.82, 2.24) is 15.1 Å². The highest BCUT2D eigenvalue weighted by Crippen LogP contribution is 2.24. The highest BCUT2D eigenvalue weighted by atomic mass is 35.5. The number of benzene rings is 1. The molecule has 1 N–H and O–H groups in total. The molecule has 3 rings (SSSR count). The molecule has 2 amide bonds. The summed E-state index contributed by atoms with van der Waals surface area (Å²) in [5.41, 5.74) is 1.06. The fraction of sp³-hybridized carbons (Fsp3) is 0.588. The number of hydrogen-bond donors (Lipinski definition) is 1. The minimum absolute atomic E-state index is 0.0295. The molecule has 2 aliphatic heterocycles. The molecule has 5 nitrogen and oxygen atoms in total. The molecule has 23 heavy (non-hydrogen) atoms. The SMILES string of the molecule is CN1CCC(NC(=O)N2CCOC(c3ccc(Cl)cc3)C2)CC1. The van der Waals surface area contributed by atoms with Crippen LogP contribution in [0, 0.1) is 0 Å². The zero-order valence-electron chi connectivity index (χ0n) is 13.5. The van der Waals surface area contributed by atoms with Gasteiger partial charge in [-0.25, -0.2) is 4.79 Å². The number of halogens is 1. The second-order valence-corrected chi connectivity index (χ2v) is 6.82. The first-order valence-electron chi connectivity index (χ1n) is 8.23. The standard InChI is InChI=1S/C17H24ClN3O2/c1-20-8-6-15(7-9-20)19-17(22)21-10-11-23-16(12-21)13-2-4-14(18)5-3-13/h2-5,15-16H,6-12H2,1H3,(H,19,22). The van der Waals surface area contributed by atoms with Crippen molar-refractivity contribution >= 4 is 17.6 Å². The third-order valence-corrected chi connectivity index (χ3v) is 4.89. The van der Waals surface area contributed by atoms with Gasteiger partial charge in [-0.3, -0.25) is 0 Å². The van der Waals surface area contributed by atoms with Crippen LogP contribution >= 0.6 is 11.6 Å². The lowest BCUT2D eigenvalue weighted by atomic mass is 10.1. The van der Waals surface area contributed by atoms with Crippen molar-refractivity contribution in [3.8, 4) is 0 Å². The van der Waals surface area contributed by atoms with Crippen LogP contribution in [0.15, 0.2) is 24.3 Å². The Balaban J connectivity index is 1.55. The molecule has 0 saturated carbocycles. The number of urea groups is 1. The fourth-order valence-electron chi connectivity index (χ4n) is 3.13. The molecule has 0 radical (unpaired) electrons. The number of morpholine rings is 1. The van der Waals surface area contributed by atoms with Crippen LogP contribution in [-0.4, -0.2) is 61.7 Å². The fourth-order valence-corrected chi connectivity index (χ4v) is 3.26. The Kier molecular flexibility index (Phi) is 5.41. The van der Waals surface area contributed by atoms with Gasteiger partial charge in [-0.1, -0.05) is 23.7 Å². The highest BCUT2D eigenvalue weighted by molar-refractivity contribution is 6.30. The molecule has 1 aromatic carbocycles. The second kappa shape index (κ2) is 7.51. The lowest BCUT2D eigenvalue weighted by Crippen LogP contribution is -2.52. The number of carbonyl (C=O) groups excluding carboxylic acids is 1. The normalized spacial score (nSPS) is 23.7. The van der Waals surface area contributed by atoms with Gasteiger partial charge in [0.25, 0.3) is 0 Å². The molecule has 2 fully saturated rings. The zero-order chi connectivity index (χ0) is 16.2. The number of ether oxygens (including phenoxy) is 1. The molecule has 1 atom stereocenters. The number of carbonyl (C=O) groups is 1. The quantitative estimate of drug-likeness (QED) is 0.902. The summed E-state index contributed by atoms with van der Waals surface area (Å²) >= 11 is 5.93. The number of hydrogen-bond acceptors (Lipinski definition) is 3. The Morgan fingerprint density at radius 3 is 2.61 bits per heavy atom. The predicted octanol–water partition coefficient (Wildman–Crippen LogP) is 2.52. The maximum Gasteiger partial charge on any atom is 0.317 e. The third-order valence-electron chi connectivity index (χ3n) is 4.64. The summed E-state index contributed by atoms with van der Waals surface area (Å²) in [6.45, 7) is 3.87. The second-order valence-electron chi connectivity index (χ2n) is 6.38. The Morgan fingerprint density at radius 2 is 1.91 bits per heavy atom. The van der Waals surface area contributed by atoms with E-state index in [1.807, 2.05) is 29.2 Å². The first-order chi connectivity index (χ1) is 11.1. The molecule has 0 bridgehead atoms. The maximum absolute atomic E-state index is 12.5. The van der Waals surface area contributed by atoms with Crippen LogP contribution in [0.4, 0.5) is 4.79 Å². The van der Waals surface area contributed by atoms with Crippen LogP contribution in [-0.2, 0) is 4.74 Å². The van der Waals surface area contributed by atoms with Crippen LogP contribution in [0.25, 0.3) is 0 Å². The van der Waals surface area contributed by atoms with Crippen molar-refractivity contribution in [2.45, 2.75) is 25.0 Å². The molecule has 0 aromatic heterocycles. The van der Waals surface area contributed by atoms with Gasteiger partial charge in [0.2, 0.25) is 0 Å². The van der Waals surface area contributed by atoms with Gasteiger partial charge in [0.15, 0.2) is 0 Å². The topological polar surface area (TPSA) is 44.8 Å². The third kappa shape index (κ3) is 4.37. The molecule has 0 spiro atoms. The van der Waals surface area contributed by atoms with E-state index in [1.54, 1.807) is 0 Å². The number of likely N-dealkylation sites (tertiary alicyclic amines) is 1. The molecule has 6 heteroatoms. The smallest absolute Gasteiger partial charge is 0.317 e. The number of amides is 2. The van der Waals surface area contributed by atoms with E-state index in [0.717, 1.165) is 31.5 Å². The van der Waals surface area contributed by atoms with E-state index in [4.69, 9.17) is 16.3 Å². The van der Waals surface area contributed by atoms with Gasteiger partial charge in [-0.05, 0) is 50.7 Å². The largest absolute Gasteiger partial charge is 0.370 e. The maximum atomic E-state index is 12.5. The van der Waals surface area contributed by atoms with Crippen molar-refractivity contribution in [3.63, 3.8) is 0 Å². The Hall–Kier alpha value is -1.30. The highest BCUT2D eigenvalue weighted by Gasteiger charge is 2.27. The monoisotopic (exact) mass is 337 g/mol. The Morgan fingerprint density at radius 1 is 1.22 bits per heavy atom. The summed E-state index contributed by atoms with van der Waals surface area (Å²) in [7, 11) is 2.12. The van der Waals surface area contributed by atoms with E-state index in [-0.39, 0.29) is 18.2 Å². The average molecular weight is 338 g/mol. The van der Waals surface area contributed by atoms with Gasteiger partial charge < -0.3 is 19.9 Å². The lowest BCUT2D eigenvalue weighted by Gasteiger charge is -2.35. The first-order valence-corrected chi connectivity index (χ1v) is 8.60. The van der Waals surface area contributed by atoms with E-state index in [2.05, 4.69) is 17.3 Å². The number of piperidine rings is 1. The summed E-state index contributed by atoms with van der Waals surface area (Å²) in [4.78, 5) is 16.7. The van der Waals surface area contributed by atoms with Crippen molar-refractivity contribution in [2.75, 3.05) is 39.8 Å². The molecule has 2 aliphatic rings. The average Bonchev–Trinajstić information content (AvgIpc) is 2.58. The van der Waals surface area contributed by atoms with Crippen molar-refractivity contribution in [3.05, 3.63) is 34.9 Å². The van der Waals surface area contributed by atoms with Gasteiger partial charge >= 0.3 is 6.03 Å². The van der Waals surface area contributed by atoms with E-state index in [9.17, 15) is 4.79 Å². The molecule has 1 aromatic rings. The molecular weight excluding hydrogens is 314 g/mol. The van der Waals surface area contributed by atoms with Gasteiger partial charge in [0.1, 0.15) is 6.10 Å². The number of rotatable bonds is 2. The predicted molar refractivity (Wildman–Crippen MR) is 90.8 cm³/mol. The minimum Gasteiger partial charge on any atom is -0.370 e. The van der Waals surface area contributed by atoms with Gasteiger partial charge in [-0.2, -0.15) is 0 Å². The number of nitrogens with zero attached hydrogens (tertiary/aromatic N) is 2. The van der Waals surface area contributed by atoms with Gasteiger partial charge in [0.05, 0.1) is 13.2 Å². The van der Waals surface area contributed by atoms with Crippen LogP contribution in [0.2, 0.25) is 5.02 Å². The van der Waals surface area contributed by atoms with Crippen molar-refractivity contribution in [2.24, 2.45) is 0 Å². The molecule has 2 heterocycles. The van der Waals surface area contributed by atoms with Crippen LogP contribution < -0.4 is 5.32 Å². The van der Waals surface area contributed by atoms with Gasteiger partial charge in [-0.15, -0.1) is 0 Å². The first kappa shape index (κ1) is 16.6. The van der Waals surface area contributed by atoms with E-state index < -0.39 is 0 Å². The molecule has 2 saturated heterocycles. The van der Waals surface area contributed by atoms with E-state index in [0.29, 0.717) is 24.7 Å². The van der Waals surface area contributed by atoms with Crippen LogP contribution in [0.5, 0.6) is 0 Å². The zero-order valence-corrected chi connectivity index (χ0v) is 14.3. The molecule has 0 aliphatic carbocycles. The van der Waals surface area contributed by atoms with Gasteiger partial charge in [0, 0.05) is 17.6 Å². The molecule has 126 valence electrons. The summed E-state index contributed by atoms with van der Waals surface area (Å²) in [5, 5.41) is 3.88. The molecular formula is C17H24ClN3O2. The lowest BCUT2D eigenvalue weighted by molar-refractivity contribution is -0.0160. The Labute approximate surface area is 142 Å². The summed E-state index contributed by atoms with van der Waals surface area (Å²) < 4.78 is 5.82. The molecule has 1 unspecified atom stereocenters. The summed E-state index contributed by atoms with van der Waals surface area (Å²) in [5.74, 6) is 0. The van der Waals surface area contributed by atoms with Crippen LogP contribution in [0.1, 0.15) is 24.5 Å².